The monoisotopic (exact) mass is 373 g/mol. The van der Waals surface area contributed by atoms with Gasteiger partial charge in [0.2, 0.25) is 0 Å². The van der Waals surface area contributed by atoms with Gasteiger partial charge in [-0.2, -0.15) is 5.10 Å². The molecule has 1 fully saturated rings. The number of benzene rings is 1. The van der Waals surface area contributed by atoms with Gasteiger partial charge < -0.3 is 19.9 Å². The molecule has 0 bridgehead atoms. The lowest BCUT2D eigenvalue weighted by atomic mass is 10.2. The molecule has 1 saturated heterocycles. The second kappa shape index (κ2) is 8.32. The largest absolute Gasteiger partial charge is 0.478 e. The number of ether oxygens (including phenoxy) is 2. The lowest BCUT2D eigenvalue weighted by molar-refractivity contribution is -0.128. The van der Waals surface area contributed by atoms with Crippen molar-refractivity contribution >= 4 is 17.6 Å². The highest BCUT2D eigenvalue weighted by Crippen LogP contribution is 2.19. The van der Waals surface area contributed by atoms with Crippen LogP contribution in [0.1, 0.15) is 35.8 Å². The zero-order chi connectivity index (χ0) is 19.4. The average Bonchev–Trinajstić information content (AvgIpc) is 3.29. The molecular formula is C19H23N3O5. The summed E-state index contributed by atoms with van der Waals surface area (Å²) >= 11 is 0. The van der Waals surface area contributed by atoms with Crippen molar-refractivity contribution in [2.24, 2.45) is 0 Å². The summed E-state index contributed by atoms with van der Waals surface area (Å²) in [4.78, 5) is 23.5. The van der Waals surface area contributed by atoms with E-state index in [4.69, 9.17) is 14.6 Å². The van der Waals surface area contributed by atoms with Gasteiger partial charge in [-0.05, 0) is 44.9 Å². The molecule has 1 aliphatic heterocycles. The van der Waals surface area contributed by atoms with E-state index >= 15 is 0 Å². The Hall–Kier alpha value is -2.71. The number of amides is 1. The van der Waals surface area contributed by atoms with Crippen LogP contribution in [0.4, 0.5) is 5.69 Å². The Bertz CT molecular complexity index is 827. The minimum Gasteiger partial charge on any atom is -0.478 e. The van der Waals surface area contributed by atoms with Crippen LogP contribution in [0.2, 0.25) is 0 Å². The van der Waals surface area contributed by atoms with Crippen molar-refractivity contribution < 1.29 is 24.2 Å². The van der Waals surface area contributed by atoms with Crippen LogP contribution in [0.5, 0.6) is 0 Å². The zero-order valence-corrected chi connectivity index (χ0v) is 15.3. The highest BCUT2D eigenvalue weighted by Gasteiger charge is 2.20. The number of anilines is 1. The van der Waals surface area contributed by atoms with Crippen molar-refractivity contribution in [3.8, 4) is 5.69 Å². The van der Waals surface area contributed by atoms with Crippen LogP contribution in [0.15, 0.2) is 30.5 Å². The van der Waals surface area contributed by atoms with Gasteiger partial charge >= 0.3 is 5.97 Å². The predicted octanol–water partition coefficient (Wildman–Crippen LogP) is 2.40. The maximum Gasteiger partial charge on any atom is 0.339 e. The molecule has 1 aromatic carbocycles. The van der Waals surface area contributed by atoms with Gasteiger partial charge in [-0.1, -0.05) is 6.07 Å². The van der Waals surface area contributed by atoms with E-state index in [2.05, 4.69) is 10.4 Å². The molecule has 3 rings (SSSR count). The van der Waals surface area contributed by atoms with E-state index in [1.54, 1.807) is 38.1 Å². The summed E-state index contributed by atoms with van der Waals surface area (Å²) < 4.78 is 12.6. The molecule has 2 atom stereocenters. The number of nitrogens with one attached hydrogen (secondary N) is 1. The molecule has 2 aromatic rings. The quantitative estimate of drug-likeness (QED) is 0.773. The fourth-order valence-electron chi connectivity index (χ4n) is 2.94. The summed E-state index contributed by atoms with van der Waals surface area (Å²) in [5.41, 5.74) is 1.89. The molecule has 0 radical (unpaired) electrons. The number of rotatable bonds is 7. The summed E-state index contributed by atoms with van der Waals surface area (Å²) in [5, 5.41) is 16.1. The first-order valence-electron chi connectivity index (χ1n) is 8.88. The van der Waals surface area contributed by atoms with Gasteiger partial charge in [-0.25, -0.2) is 9.48 Å². The summed E-state index contributed by atoms with van der Waals surface area (Å²) in [6.07, 6.45) is 2.75. The van der Waals surface area contributed by atoms with Crippen LogP contribution < -0.4 is 5.32 Å². The topological polar surface area (TPSA) is 103 Å². The number of carbonyl (C=O) groups is 2. The molecule has 2 unspecified atom stereocenters. The molecule has 0 spiro atoms. The SMILES string of the molecule is Cc1c(C(=O)O)cnn1-c1cccc(NC(=O)C(C)OCC2CCCO2)c1. The number of carboxylic acid groups (broad SMARTS) is 1. The zero-order valence-electron chi connectivity index (χ0n) is 15.3. The van der Waals surface area contributed by atoms with E-state index in [9.17, 15) is 9.59 Å². The highest BCUT2D eigenvalue weighted by molar-refractivity contribution is 5.94. The number of hydrogen-bond acceptors (Lipinski definition) is 5. The van der Waals surface area contributed by atoms with Crippen molar-refractivity contribution in [1.29, 1.82) is 0 Å². The van der Waals surface area contributed by atoms with Crippen molar-refractivity contribution in [2.45, 2.75) is 38.9 Å². The number of aromatic carboxylic acids is 1. The van der Waals surface area contributed by atoms with Crippen LogP contribution in [0.25, 0.3) is 5.69 Å². The number of carboxylic acids is 1. The Balaban J connectivity index is 1.64. The fraction of sp³-hybridized carbons (Fsp3) is 0.421. The number of nitrogens with zero attached hydrogens (tertiary/aromatic N) is 2. The molecule has 2 heterocycles. The van der Waals surface area contributed by atoms with E-state index in [-0.39, 0.29) is 17.6 Å². The van der Waals surface area contributed by atoms with Gasteiger partial charge in [0.05, 0.1) is 30.3 Å². The second-order valence-corrected chi connectivity index (χ2v) is 6.51. The number of aromatic nitrogens is 2. The average molecular weight is 373 g/mol. The van der Waals surface area contributed by atoms with Gasteiger partial charge in [-0.15, -0.1) is 0 Å². The third-order valence-corrected chi connectivity index (χ3v) is 4.52. The van der Waals surface area contributed by atoms with Crippen LogP contribution in [0.3, 0.4) is 0 Å². The molecule has 27 heavy (non-hydrogen) atoms. The summed E-state index contributed by atoms with van der Waals surface area (Å²) in [5.74, 6) is -1.28. The molecule has 8 heteroatoms. The lowest BCUT2D eigenvalue weighted by Gasteiger charge is -2.16. The molecule has 1 aromatic heterocycles. The van der Waals surface area contributed by atoms with Crippen LogP contribution in [0, 0.1) is 6.92 Å². The lowest BCUT2D eigenvalue weighted by Crippen LogP contribution is -2.30. The van der Waals surface area contributed by atoms with Crippen LogP contribution in [-0.2, 0) is 14.3 Å². The Morgan fingerprint density at radius 3 is 2.96 bits per heavy atom. The third-order valence-electron chi connectivity index (χ3n) is 4.52. The number of hydrogen-bond donors (Lipinski definition) is 2. The summed E-state index contributed by atoms with van der Waals surface area (Å²) in [7, 11) is 0. The van der Waals surface area contributed by atoms with E-state index in [0.717, 1.165) is 19.4 Å². The Morgan fingerprint density at radius 1 is 1.48 bits per heavy atom. The fourth-order valence-corrected chi connectivity index (χ4v) is 2.94. The first kappa shape index (κ1) is 19.1. The van der Waals surface area contributed by atoms with E-state index in [1.807, 2.05) is 0 Å². The van der Waals surface area contributed by atoms with E-state index in [0.29, 0.717) is 23.7 Å². The van der Waals surface area contributed by atoms with Crippen LogP contribution in [-0.4, -0.2) is 52.2 Å². The predicted molar refractivity (Wildman–Crippen MR) is 98.3 cm³/mol. The Morgan fingerprint density at radius 2 is 2.30 bits per heavy atom. The van der Waals surface area contributed by atoms with Crippen molar-refractivity contribution in [3.05, 3.63) is 41.7 Å². The molecule has 8 nitrogen and oxygen atoms in total. The summed E-state index contributed by atoms with van der Waals surface area (Å²) in [6, 6.07) is 7.05. The maximum atomic E-state index is 12.3. The van der Waals surface area contributed by atoms with E-state index in [1.165, 1.54) is 10.9 Å². The van der Waals surface area contributed by atoms with Crippen molar-refractivity contribution in [3.63, 3.8) is 0 Å². The second-order valence-electron chi connectivity index (χ2n) is 6.51. The molecule has 1 aliphatic rings. The minimum absolute atomic E-state index is 0.0646. The smallest absolute Gasteiger partial charge is 0.339 e. The van der Waals surface area contributed by atoms with Crippen LogP contribution >= 0.6 is 0 Å². The third kappa shape index (κ3) is 4.53. The van der Waals surface area contributed by atoms with Crippen molar-refractivity contribution in [1.82, 2.24) is 9.78 Å². The molecule has 144 valence electrons. The normalized spacial score (nSPS) is 17.6. The van der Waals surface area contributed by atoms with Gasteiger partial charge in [0.1, 0.15) is 11.7 Å². The maximum absolute atomic E-state index is 12.3. The molecular weight excluding hydrogens is 350 g/mol. The van der Waals surface area contributed by atoms with E-state index < -0.39 is 12.1 Å². The van der Waals surface area contributed by atoms with Gasteiger partial charge in [0.15, 0.2) is 0 Å². The first-order valence-corrected chi connectivity index (χ1v) is 8.88. The van der Waals surface area contributed by atoms with Gasteiger partial charge in [0.25, 0.3) is 5.91 Å². The highest BCUT2D eigenvalue weighted by atomic mass is 16.5. The molecule has 1 amide bonds. The van der Waals surface area contributed by atoms with Gasteiger partial charge in [0, 0.05) is 12.3 Å². The van der Waals surface area contributed by atoms with Crippen molar-refractivity contribution in [2.75, 3.05) is 18.5 Å². The standard InChI is InChI=1S/C19H23N3O5/c1-12-17(19(24)25)10-20-22(12)15-6-3-5-14(9-15)21-18(23)13(2)27-11-16-7-4-8-26-16/h3,5-6,9-10,13,16H,4,7-8,11H2,1-2H3,(H,21,23)(H,24,25). The number of carbonyl (C=O) groups excluding carboxylic acids is 1. The summed E-state index contributed by atoms with van der Waals surface area (Å²) in [6.45, 7) is 4.53. The first-order chi connectivity index (χ1) is 13.0. The molecule has 2 N–H and O–H groups in total. The Kier molecular flexibility index (Phi) is 5.88. The Labute approximate surface area is 157 Å². The van der Waals surface area contributed by atoms with Gasteiger partial charge in [-0.3, -0.25) is 4.79 Å². The molecule has 0 aliphatic carbocycles. The molecule has 0 saturated carbocycles. The minimum atomic E-state index is -1.03.